The Hall–Kier alpha value is -1.52. The molecule has 5 nitrogen and oxygen atoms in total. The molecule has 0 bridgehead atoms. The third-order valence-corrected chi connectivity index (χ3v) is 2.46. The molecule has 1 rings (SSSR count). The molecule has 1 heterocycles. The summed E-state index contributed by atoms with van der Waals surface area (Å²) in [5.41, 5.74) is 0. The average molecular weight is 226 g/mol. The van der Waals surface area contributed by atoms with E-state index in [0.29, 0.717) is 30.2 Å². The van der Waals surface area contributed by atoms with Gasteiger partial charge in [0, 0.05) is 6.92 Å². The van der Waals surface area contributed by atoms with E-state index >= 15 is 0 Å². The van der Waals surface area contributed by atoms with Crippen LogP contribution in [-0.4, -0.2) is 17.7 Å². The maximum Gasteiger partial charge on any atom is 0.412 e. The number of aryl methyl sites for hydroxylation is 1. The zero-order valence-corrected chi connectivity index (χ0v) is 10.1. The number of hydrogen-bond donors (Lipinski definition) is 1. The minimum Gasteiger partial charge on any atom is -0.449 e. The first kappa shape index (κ1) is 12.5. The molecule has 0 fully saturated rings. The number of oxazole rings is 1. The van der Waals surface area contributed by atoms with Crippen molar-refractivity contribution in [3.63, 3.8) is 0 Å². The van der Waals surface area contributed by atoms with Crippen LogP contribution in [0.2, 0.25) is 0 Å². The van der Waals surface area contributed by atoms with Gasteiger partial charge >= 0.3 is 6.09 Å². The van der Waals surface area contributed by atoms with Gasteiger partial charge in [0.1, 0.15) is 6.26 Å². The molecule has 0 saturated heterocycles. The fourth-order valence-corrected chi connectivity index (χ4v) is 0.961. The Morgan fingerprint density at radius 1 is 1.56 bits per heavy atom. The van der Waals surface area contributed by atoms with Crippen molar-refractivity contribution in [1.29, 1.82) is 0 Å². The van der Waals surface area contributed by atoms with Gasteiger partial charge in [-0.05, 0) is 11.8 Å². The van der Waals surface area contributed by atoms with E-state index in [-0.39, 0.29) is 0 Å². The largest absolute Gasteiger partial charge is 0.449 e. The molecule has 1 aromatic heterocycles. The number of amides is 1. The lowest BCUT2D eigenvalue weighted by molar-refractivity contribution is 0.133. The van der Waals surface area contributed by atoms with Gasteiger partial charge in [0.15, 0.2) is 11.7 Å². The summed E-state index contributed by atoms with van der Waals surface area (Å²) in [4.78, 5) is 15.3. The summed E-state index contributed by atoms with van der Waals surface area (Å²) in [7, 11) is 0. The summed E-state index contributed by atoms with van der Waals surface area (Å²) in [6.45, 7) is 8.33. The van der Waals surface area contributed by atoms with Crippen LogP contribution in [-0.2, 0) is 4.74 Å². The zero-order valence-electron chi connectivity index (χ0n) is 10.1. The minimum atomic E-state index is -0.499. The lowest BCUT2D eigenvalue weighted by Gasteiger charge is -2.15. The van der Waals surface area contributed by atoms with Gasteiger partial charge in [0.2, 0.25) is 0 Å². The maximum atomic E-state index is 11.3. The lowest BCUT2D eigenvalue weighted by atomic mass is 10.00. The summed E-state index contributed by atoms with van der Waals surface area (Å²) in [5.74, 6) is 1.71. The second kappa shape index (κ2) is 5.53. The Bertz CT molecular complexity index is 347. The van der Waals surface area contributed by atoms with Crippen LogP contribution in [0, 0.1) is 18.8 Å². The normalized spacial score (nSPS) is 12.6. The predicted molar refractivity (Wildman–Crippen MR) is 60.2 cm³/mol. The fraction of sp³-hybridized carbons (Fsp3) is 0.636. The molecule has 90 valence electrons. The van der Waals surface area contributed by atoms with Crippen LogP contribution in [0.15, 0.2) is 10.7 Å². The lowest BCUT2D eigenvalue weighted by Crippen LogP contribution is -2.20. The summed E-state index contributed by atoms with van der Waals surface area (Å²) in [6.07, 6.45) is 0.878. The topological polar surface area (TPSA) is 64.4 Å². The molecule has 0 spiro atoms. The Morgan fingerprint density at radius 3 is 2.75 bits per heavy atom. The molecule has 0 radical (unpaired) electrons. The molecule has 1 aromatic rings. The van der Waals surface area contributed by atoms with E-state index in [0.717, 1.165) is 0 Å². The van der Waals surface area contributed by atoms with E-state index in [9.17, 15) is 4.79 Å². The Labute approximate surface area is 95.2 Å². The molecular formula is C11H18N2O3. The number of aromatic nitrogens is 1. The summed E-state index contributed by atoms with van der Waals surface area (Å²) >= 11 is 0. The quantitative estimate of drug-likeness (QED) is 0.857. The van der Waals surface area contributed by atoms with Crippen molar-refractivity contribution in [3.8, 4) is 0 Å². The number of ether oxygens (including phenoxy) is 1. The molecule has 0 aliphatic rings. The summed E-state index contributed by atoms with van der Waals surface area (Å²) in [5, 5.41) is 2.49. The number of nitrogens with one attached hydrogen (secondary N) is 1. The van der Waals surface area contributed by atoms with Gasteiger partial charge in [-0.2, -0.15) is 4.98 Å². The second-order valence-electron chi connectivity index (χ2n) is 4.20. The molecule has 5 heteroatoms. The Balaban J connectivity index is 2.31. The summed E-state index contributed by atoms with van der Waals surface area (Å²) in [6, 6.07) is 0. The number of anilines is 1. The molecule has 1 atom stereocenters. The molecule has 1 amide bonds. The number of rotatable bonds is 4. The molecule has 0 unspecified atom stereocenters. The molecule has 1 N–H and O–H groups in total. The van der Waals surface area contributed by atoms with E-state index in [1.807, 2.05) is 6.92 Å². The SMILES string of the molecule is Cc1nc(NC(=O)OC[C@@H](C)C(C)C)co1. The van der Waals surface area contributed by atoms with Crippen LogP contribution < -0.4 is 5.32 Å². The van der Waals surface area contributed by atoms with Crippen LogP contribution >= 0.6 is 0 Å². The van der Waals surface area contributed by atoms with Crippen LogP contribution in [0.4, 0.5) is 10.6 Å². The maximum absolute atomic E-state index is 11.3. The first-order chi connectivity index (χ1) is 7.49. The third kappa shape index (κ3) is 3.92. The van der Waals surface area contributed by atoms with E-state index in [1.165, 1.54) is 6.26 Å². The highest BCUT2D eigenvalue weighted by Crippen LogP contribution is 2.11. The molecule has 0 aliphatic carbocycles. The first-order valence-corrected chi connectivity index (χ1v) is 5.35. The van der Waals surface area contributed by atoms with Gasteiger partial charge in [-0.15, -0.1) is 0 Å². The van der Waals surface area contributed by atoms with Gasteiger partial charge in [-0.25, -0.2) is 4.79 Å². The van der Waals surface area contributed by atoms with Gasteiger partial charge in [0.25, 0.3) is 0 Å². The van der Waals surface area contributed by atoms with E-state index < -0.39 is 6.09 Å². The third-order valence-electron chi connectivity index (χ3n) is 2.46. The van der Waals surface area contributed by atoms with Crippen molar-refractivity contribution in [2.75, 3.05) is 11.9 Å². The van der Waals surface area contributed by atoms with Crippen molar-refractivity contribution >= 4 is 11.9 Å². The van der Waals surface area contributed by atoms with Gasteiger partial charge in [-0.3, -0.25) is 5.32 Å². The minimum absolute atomic E-state index is 0.338. The molecular weight excluding hydrogens is 208 g/mol. The monoisotopic (exact) mass is 226 g/mol. The molecule has 0 aliphatic heterocycles. The highest BCUT2D eigenvalue weighted by molar-refractivity contribution is 5.82. The smallest absolute Gasteiger partial charge is 0.412 e. The van der Waals surface area contributed by atoms with Gasteiger partial charge in [0.05, 0.1) is 6.61 Å². The first-order valence-electron chi connectivity index (χ1n) is 5.35. The van der Waals surface area contributed by atoms with Gasteiger partial charge in [-0.1, -0.05) is 20.8 Å². The zero-order chi connectivity index (χ0) is 12.1. The molecule has 16 heavy (non-hydrogen) atoms. The standard InChI is InChI=1S/C11H18N2O3/c1-7(2)8(3)5-16-11(14)13-10-6-15-9(4)12-10/h6-8H,5H2,1-4H3,(H,13,14)/t8-/m1/s1. The van der Waals surface area contributed by atoms with Gasteiger partial charge < -0.3 is 9.15 Å². The van der Waals surface area contributed by atoms with Crippen molar-refractivity contribution in [2.24, 2.45) is 11.8 Å². The van der Waals surface area contributed by atoms with Crippen LogP contribution in [0.1, 0.15) is 26.7 Å². The van der Waals surface area contributed by atoms with Crippen molar-refractivity contribution < 1.29 is 13.9 Å². The predicted octanol–water partition coefficient (Wildman–Crippen LogP) is 2.82. The van der Waals surface area contributed by atoms with E-state index in [4.69, 9.17) is 9.15 Å². The van der Waals surface area contributed by atoms with Crippen molar-refractivity contribution in [2.45, 2.75) is 27.7 Å². The average Bonchev–Trinajstić information content (AvgIpc) is 2.60. The van der Waals surface area contributed by atoms with Crippen molar-refractivity contribution in [1.82, 2.24) is 4.98 Å². The molecule has 0 aromatic carbocycles. The Kier molecular flexibility index (Phi) is 4.34. The highest BCUT2D eigenvalue weighted by atomic mass is 16.5. The molecule has 0 saturated carbocycles. The summed E-state index contributed by atoms with van der Waals surface area (Å²) < 4.78 is 9.99. The van der Waals surface area contributed by atoms with E-state index in [2.05, 4.69) is 24.1 Å². The highest BCUT2D eigenvalue weighted by Gasteiger charge is 2.11. The fourth-order valence-electron chi connectivity index (χ4n) is 0.961. The second-order valence-corrected chi connectivity index (χ2v) is 4.20. The van der Waals surface area contributed by atoms with Crippen LogP contribution in [0.25, 0.3) is 0 Å². The number of hydrogen-bond acceptors (Lipinski definition) is 4. The van der Waals surface area contributed by atoms with E-state index in [1.54, 1.807) is 6.92 Å². The van der Waals surface area contributed by atoms with Crippen molar-refractivity contribution in [3.05, 3.63) is 12.2 Å². The number of nitrogens with zero attached hydrogens (tertiary/aromatic N) is 1. The number of carbonyl (C=O) groups excluding carboxylic acids is 1. The van der Waals surface area contributed by atoms with Crippen LogP contribution in [0.5, 0.6) is 0 Å². The van der Waals surface area contributed by atoms with Crippen LogP contribution in [0.3, 0.4) is 0 Å². The number of carbonyl (C=O) groups is 1. The Morgan fingerprint density at radius 2 is 2.25 bits per heavy atom.